The maximum absolute atomic E-state index is 12.8. The van der Waals surface area contributed by atoms with Crippen LogP contribution in [0.4, 0.5) is 13.2 Å². The van der Waals surface area contributed by atoms with Crippen LogP contribution in [-0.4, -0.2) is 58.9 Å². The van der Waals surface area contributed by atoms with Gasteiger partial charge in [0.15, 0.2) is 0 Å². The topological polar surface area (TPSA) is 106 Å². The summed E-state index contributed by atoms with van der Waals surface area (Å²) in [5.41, 5.74) is 2.44. The van der Waals surface area contributed by atoms with Crippen molar-refractivity contribution >= 4 is 11.9 Å². The normalized spacial score (nSPS) is 15.5. The zero-order chi connectivity index (χ0) is 23.5. The van der Waals surface area contributed by atoms with E-state index in [9.17, 15) is 18.0 Å². The van der Waals surface area contributed by atoms with Crippen molar-refractivity contribution in [2.75, 3.05) is 6.54 Å². The molecule has 1 aliphatic heterocycles. The van der Waals surface area contributed by atoms with E-state index < -0.39 is 12.1 Å². The van der Waals surface area contributed by atoms with Gasteiger partial charge in [-0.25, -0.2) is 14.8 Å². The zero-order valence-electron chi connectivity index (χ0n) is 17.3. The largest absolute Gasteiger partial charge is 0.490 e. The molecule has 0 bridgehead atoms. The third kappa shape index (κ3) is 5.13. The van der Waals surface area contributed by atoms with Gasteiger partial charge in [-0.1, -0.05) is 6.07 Å². The number of aryl methyl sites for hydroxylation is 1. The van der Waals surface area contributed by atoms with Gasteiger partial charge in [0, 0.05) is 31.2 Å². The van der Waals surface area contributed by atoms with Crippen LogP contribution in [0.2, 0.25) is 0 Å². The molecule has 1 aliphatic rings. The van der Waals surface area contributed by atoms with Crippen molar-refractivity contribution in [1.82, 2.24) is 29.2 Å². The Hall–Kier alpha value is -3.70. The number of carbonyl (C=O) groups is 2. The highest BCUT2D eigenvalue weighted by molar-refractivity contribution is 5.92. The SMILES string of the molecule is Cc1cccc(C(=O)N2CCn3c(Cn4cccn4)cnc3C2C)n1.O=C(O)C(F)(F)F. The number of hydrogen-bond donors (Lipinski definition) is 1. The lowest BCUT2D eigenvalue weighted by Gasteiger charge is -2.34. The van der Waals surface area contributed by atoms with Gasteiger partial charge >= 0.3 is 12.1 Å². The van der Waals surface area contributed by atoms with Crippen molar-refractivity contribution in [2.24, 2.45) is 0 Å². The highest BCUT2D eigenvalue weighted by Gasteiger charge is 2.38. The number of halogens is 3. The predicted molar refractivity (Wildman–Crippen MR) is 106 cm³/mol. The molecule has 0 aromatic carbocycles. The van der Waals surface area contributed by atoms with Crippen molar-refractivity contribution in [3.8, 4) is 0 Å². The Balaban J connectivity index is 0.000000360. The first-order valence-corrected chi connectivity index (χ1v) is 9.64. The van der Waals surface area contributed by atoms with E-state index >= 15 is 0 Å². The van der Waals surface area contributed by atoms with E-state index in [2.05, 4.69) is 19.6 Å². The first-order chi connectivity index (χ1) is 15.1. The van der Waals surface area contributed by atoms with Gasteiger partial charge in [-0.15, -0.1) is 0 Å². The Morgan fingerprint density at radius 1 is 1.22 bits per heavy atom. The molecule has 170 valence electrons. The molecule has 1 atom stereocenters. The number of carbonyl (C=O) groups excluding carboxylic acids is 1. The first kappa shape index (κ1) is 23.0. The number of pyridine rings is 1. The van der Waals surface area contributed by atoms with Gasteiger partial charge in [-0.05, 0) is 32.0 Å². The number of carboxylic acid groups (broad SMARTS) is 1. The Morgan fingerprint density at radius 3 is 2.53 bits per heavy atom. The lowest BCUT2D eigenvalue weighted by Crippen LogP contribution is -2.42. The van der Waals surface area contributed by atoms with E-state index in [-0.39, 0.29) is 11.9 Å². The van der Waals surface area contributed by atoms with E-state index in [1.165, 1.54) is 0 Å². The Labute approximate surface area is 181 Å². The van der Waals surface area contributed by atoms with Crippen LogP contribution in [-0.2, 0) is 17.9 Å². The lowest BCUT2D eigenvalue weighted by atomic mass is 10.1. The quantitative estimate of drug-likeness (QED) is 0.658. The first-order valence-electron chi connectivity index (χ1n) is 9.64. The molecule has 0 spiro atoms. The van der Waals surface area contributed by atoms with Crippen molar-refractivity contribution in [3.63, 3.8) is 0 Å². The van der Waals surface area contributed by atoms with Crippen LogP contribution in [0.15, 0.2) is 42.9 Å². The second-order valence-electron chi connectivity index (χ2n) is 7.10. The van der Waals surface area contributed by atoms with Gasteiger partial charge in [0.05, 0.1) is 24.5 Å². The van der Waals surface area contributed by atoms with Gasteiger partial charge in [0.25, 0.3) is 5.91 Å². The monoisotopic (exact) mass is 450 g/mol. The van der Waals surface area contributed by atoms with Crippen LogP contribution < -0.4 is 0 Å². The number of hydrogen-bond acceptors (Lipinski definition) is 5. The second-order valence-corrected chi connectivity index (χ2v) is 7.10. The summed E-state index contributed by atoms with van der Waals surface area (Å²) >= 11 is 0. The fourth-order valence-electron chi connectivity index (χ4n) is 3.33. The molecule has 4 rings (SSSR count). The number of imidazole rings is 1. The highest BCUT2D eigenvalue weighted by Crippen LogP contribution is 2.27. The van der Waals surface area contributed by atoms with Crippen LogP contribution in [0, 0.1) is 6.92 Å². The standard InChI is InChI=1S/C18H20N6O.C2HF3O2/c1-13-5-3-6-16(21-13)18(25)23-9-10-24-15(11-19-17(24)14(23)2)12-22-8-4-7-20-22;3-2(4,5)1(6)7/h3-8,11,14H,9-10,12H2,1-2H3;(H,6,7). The third-order valence-electron chi connectivity index (χ3n) is 4.87. The van der Waals surface area contributed by atoms with Crippen LogP contribution in [0.3, 0.4) is 0 Å². The van der Waals surface area contributed by atoms with Crippen molar-refractivity contribution in [2.45, 2.75) is 39.2 Å². The molecule has 0 fully saturated rings. The van der Waals surface area contributed by atoms with E-state index in [1.807, 2.05) is 54.0 Å². The summed E-state index contributed by atoms with van der Waals surface area (Å²) in [7, 11) is 0. The Kier molecular flexibility index (Phi) is 6.61. The minimum Gasteiger partial charge on any atom is -0.475 e. The average Bonchev–Trinajstić information content (AvgIpc) is 3.38. The fourth-order valence-corrected chi connectivity index (χ4v) is 3.33. The minimum atomic E-state index is -5.08. The number of amides is 1. The number of alkyl halides is 3. The molecule has 3 aromatic rings. The minimum absolute atomic E-state index is 0.0425. The molecule has 0 saturated carbocycles. The summed E-state index contributed by atoms with van der Waals surface area (Å²) < 4.78 is 35.8. The number of aliphatic carboxylic acids is 1. The van der Waals surface area contributed by atoms with Crippen LogP contribution in [0.25, 0.3) is 0 Å². The number of rotatable bonds is 3. The number of nitrogens with zero attached hydrogens (tertiary/aromatic N) is 6. The lowest BCUT2D eigenvalue weighted by molar-refractivity contribution is -0.192. The molecular formula is C20H21F3N6O3. The van der Waals surface area contributed by atoms with Gasteiger partial charge in [0.2, 0.25) is 0 Å². The molecule has 9 nitrogen and oxygen atoms in total. The van der Waals surface area contributed by atoms with Crippen molar-refractivity contribution in [3.05, 3.63) is 65.8 Å². The summed E-state index contributed by atoms with van der Waals surface area (Å²) in [6.07, 6.45) is 0.503. The molecule has 0 radical (unpaired) electrons. The molecule has 3 aromatic heterocycles. The van der Waals surface area contributed by atoms with E-state index in [1.54, 1.807) is 12.3 Å². The number of carboxylic acids is 1. The molecule has 12 heteroatoms. The fraction of sp³-hybridized carbons (Fsp3) is 0.350. The maximum Gasteiger partial charge on any atom is 0.490 e. The summed E-state index contributed by atoms with van der Waals surface area (Å²) in [5, 5.41) is 11.4. The number of fused-ring (bicyclic) bond motifs is 1. The highest BCUT2D eigenvalue weighted by atomic mass is 19.4. The van der Waals surface area contributed by atoms with Crippen LogP contribution >= 0.6 is 0 Å². The number of aromatic nitrogens is 5. The predicted octanol–water partition coefficient (Wildman–Crippen LogP) is 2.68. The van der Waals surface area contributed by atoms with Crippen LogP contribution in [0.5, 0.6) is 0 Å². The van der Waals surface area contributed by atoms with Crippen molar-refractivity contribution < 1.29 is 27.9 Å². The van der Waals surface area contributed by atoms with Crippen molar-refractivity contribution in [1.29, 1.82) is 0 Å². The molecule has 4 heterocycles. The molecule has 0 saturated heterocycles. The van der Waals surface area contributed by atoms with E-state index in [0.29, 0.717) is 18.8 Å². The maximum atomic E-state index is 12.8. The van der Waals surface area contributed by atoms with E-state index in [0.717, 1.165) is 23.8 Å². The van der Waals surface area contributed by atoms with Gasteiger partial charge in [0.1, 0.15) is 11.5 Å². The average molecular weight is 450 g/mol. The van der Waals surface area contributed by atoms with Gasteiger partial charge < -0.3 is 14.6 Å². The van der Waals surface area contributed by atoms with Gasteiger partial charge in [-0.3, -0.25) is 9.48 Å². The second kappa shape index (κ2) is 9.20. The Bertz CT molecular complexity index is 1090. The molecule has 32 heavy (non-hydrogen) atoms. The summed E-state index contributed by atoms with van der Waals surface area (Å²) in [5.74, 6) is -1.89. The summed E-state index contributed by atoms with van der Waals surface area (Å²) in [6.45, 7) is 5.97. The van der Waals surface area contributed by atoms with Crippen LogP contribution in [0.1, 0.15) is 40.7 Å². The van der Waals surface area contributed by atoms with E-state index in [4.69, 9.17) is 9.90 Å². The third-order valence-corrected chi connectivity index (χ3v) is 4.87. The van der Waals surface area contributed by atoms with Gasteiger partial charge in [-0.2, -0.15) is 18.3 Å². The zero-order valence-corrected chi connectivity index (χ0v) is 17.3. The summed E-state index contributed by atoms with van der Waals surface area (Å²) in [6, 6.07) is 7.35. The molecule has 1 amide bonds. The Morgan fingerprint density at radius 2 is 1.94 bits per heavy atom. The molecule has 0 aliphatic carbocycles. The smallest absolute Gasteiger partial charge is 0.475 e. The molecule has 1 unspecified atom stereocenters. The molecule has 1 N–H and O–H groups in total. The molecular weight excluding hydrogens is 429 g/mol. The summed E-state index contributed by atoms with van der Waals surface area (Å²) in [4.78, 5) is 32.5.